The molecular weight excluding hydrogens is 316 g/mol. The molecule has 1 fully saturated rings. The van der Waals surface area contributed by atoms with Gasteiger partial charge in [-0.15, -0.1) is 0 Å². The number of fused-ring (bicyclic) bond motifs is 2. The molecule has 0 bridgehead atoms. The molecule has 0 radical (unpaired) electrons. The molecule has 25 heavy (non-hydrogen) atoms. The van der Waals surface area contributed by atoms with Gasteiger partial charge in [-0.2, -0.15) is 20.0 Å². The van der Waals surface area contributed by atoms with Gasteiger partial charge in [0.2, 0.25) is 0 Å². The van der Waals surface area contributed by atoms with Crippen molar-refractivity contribution in [2.75, 3.05) is 11.1 Å². The molecular formula is C17H14N8. The van der Waals surface area contributed by atoms with Crippen LogP contribution in [0.2, 0.25) is 0 Å². The summed E-state index contributed by atoms with van der Waals surface area (Å²) in [6.07, 6.45) is 5.57. The summed E-state index contributed by atoms with van der Waals surface area (Å²) in [7, 11) is 0. The maximum atomic E-state index is 9.34. The highest BCUT2D eigenvalue weighted by atomic mass is 15.4. The fourth-order valence-electron chi connectivity index (χ4n) is 2.90. The smallest absolute Gasteiger partial charge is 0.177 e. The molecule has 0 atom stereocenters. The van der Waals surface area contributed by atoms with Crippen LogP contribution in [-0.4, -0.2) is 30.4 Å². The Labute approximate surface area is 142 Å². The zero-order valence-corrected chi connectivity index (χ0v) is 13.2. The topological polar surface area (TPSA) is 110 Å². The molecule has 0 amide bonds. The van der Waals surface area contributed by atoms with Crippen molar-refractivity contribution in [3.63, 3.8) is 0 Å². The van der Waals surface area contributed by atoms with Crippen LogP contribution in [0, 0.1) is 11.3 Å². The van der Waals surface area contributed by atoms with Crippen molar-refractivity contribution in [3.05, 3.63) is 42.2 Å². The molecule has 3 N–H and O–H groups in total. The highest BCUT2D eigenvalue weighted by Crippen LogP contribution is 2.27. The minimum absolute atomic E-state index is 0.427. The molecule has 0 spiro atoms. The van der Waals surface area contributed by atoms with E-state index in [-0.39, 0.29) is 0 Å². The van der Waals surface area contributed by atoms with Gasteiger partial charge in [0.05, 0.1) is 17.9 Å². The van der Waals surface area contributed by atoms with Crippen LogP contribution in [0.5, 0.6) is 0 Å². The molecule has 0 unspecified atom stereocenters. The Bertz CT molecular complexity index is 1160. The summed E-state index contributed by atoms with van der Waals surface area (Å²) in [5, 5.41) is 22.5. The minimum Gasteiger partial charge on any atom is -0.399 e. The number of hydrogen-bond acceptors (Lipinski definition) is 6. The van der Waals surface area contributed by atoms with Gasteiger partial charge in [0.1, 0.15) is 17.5 Å². The second-order valence-electron chi connectivity index (χ2n) is 6.20. The highest BCUT2D eigenvalue weighted by molar-refractivity contribution is 5.83. The fraction of sp³-hybridized carbons (Fsp3) is 0.176. The van der Waals surface area contributed by atoms with E-state index in [0.717, 1.165) is 29.6 Å². The number of rotatable bonds is 3. The molecule has 3 heterocycles. The molecule has 1 aromatic carbocycles. The van der Waals surface area contributed by atoms with Crippen molar-refractivity contribution in [1.82, 2.24) is 24.4 Å². The van der Waals surface area contributed by atoms with E-state index in [2.05, 4.69) is 26.6 Å². The zero-order valence-electron chi connectivity index (χ0n) is 13.2. The number of nitrogens with zero attached hydrogens (tertiary/aromatic N) is 6. The third kappa shape index (κ3) is 2.17. The van der Waals surface area contributed by atoms with Crippen molar-refractivity contribution in [3.8, 4) is 11.9 Å². The Balaban J connectivity index is 1.77. The number of nitriles is 1. The van der Waals surface area contributed by atoms with E-state index in [4.69, 9.17) is 5.73 Å². The van der Waals surface area contributed by atoms with Gasteiger partial charge in [0, 0.05) is 23.2 Å². The van der Waals surface area contributed by atoms with Gasteiger partial charge in [-0.25, -0.2) is 9.67 Å². The number of nitrogen functional groups attached to an aromatic ring is 1. The second kappa shape index (κ2) is 4.95. The Hall–Kier alpha value is -3.60. The van der Waals surface area contributed by atoms with Crippen molar-refractivity contribution in [2.45, 2.75) is 18.9 Å². The van der Waals surface area contributed by atoms with Crippen molar-refractivity contribution in [2.24, 2.45) is 0 Å². The largest absolute Gasteiger partial charge is 0.399 e. The lowest BCUT2D eigenvalue weighted by Crippen LogP contribution is -2.10. The predicted molar refractivity (Wildman–Crippen MR) is 93.4 cm³/mol. The van der Waals surface area contributed by atoms with Gasteiger partial charge < -0.3 is 11.1 Å². The maximum Gasteiger partial charge on any atom is 0.177 e. The number of nitrogens with one attached hydrogen (secondary N) is 1. The first-order chi connectivity index (χ1) is 12.2. The second-order valence-corrected chi connectivity index (χ2v) is 6.20. The molecule has 8 nitrogen and oxygen atoms in total. The molecule has 8 heteroatoms. The fourth-order valence-corrected chi connectivity index (χ4v) is 2.90. The lowest BCUT2D eigenvalue weighted by molar-refractivity contribution is 0.852. The van der Waals surface area contributed by atoms with Gasteiger partial charge in [-0.3, -0.25) is 0 Å². The first-order valence-corrected chi connectivity index (χ1v) is 8.02. The van der Waals surface area contributed by atoms with Crippen LogP contribution < -0.4 is 11.1 Å². The van der Waals surface area contributed by atoms with Crippen molar-refractivity contribution < 1.29 is 0 Å². The van der Waals surface area contributed by atoms with E-state index in [1.54, 1.807) is 15.4 Å². The van der Waals surface area contributed by atoms with Crippen LogP contribution in [-0.2, 0) is 0 Å². The van der Waals surface area contributed by atoms with Gasteiger partial charge in [0.25, 0.3) is 0 Å². The average molecular weight is 330 g/mol. The Morgan fingerprint density at radius 3 is 2.88 bits per heavy atom. The average Bonchev–Trinajstić information content (AvgIpc) is 3.18. The molecule has 4 aromatic rings. The van der Waals surface area contributed by atoms with Crippen LogP contribution in [0.25, 0.3) is 22.4 Å². The third-order valence-electron chi connectivity index (χ3n) is 4.32. The van der Waals surface area contributed by atoms with Crippen LogP contribution in [0.4, 0.5) is 11.5 Å². The maximum absolute atomic E-state index is 9.34. The lowest BCUT2D eigenvalue weighted by Gasteiger charge is -2.10. The van der Waals surface area contributed by atoms with Crippen molar-refractivity contribution >= 4 is 28.1 Å². The van der Waals surface area contributed by atoms with Gasteiger partial charge in [-0.05, 0) is 31.0 Å². The van der Waals surface area contributed by atoms with Gasteiger partial charge in [0.15, 0.2) is 11.5 Å². The quantitative estimate of drug-likeness (QED) is 0.557. The summed E-state index contributed by atoms with van der Waals surface area (Å²) >= 11 is 0. The summed E-state index contributed by atoms with van der Waals surface area (Å²) in [6.45, 7) is 0. The predicted octanol–water partition coefficient (Wildman–Crippen LogP) is 2.10. The van der Waals surface area contributed by atoms with Crippen LogP contribution in [0.3, 0.4) is 0 Å². The molecule has 122 valence electrons. The van der Waals surface area contributed by atoms with Gasteiger partial charge >= 0.3 is 0 Å². The summed E-state index contributed by atoms with van der Waals surface area (Å²) in [5.41, 5.74) is 8.39. The van der Waals surface area contributed by atoms with E-state index in [1.165, 1.54) is 6.20 Å². The Kier molecular flexibility index (Phi) is 2.73. The normalized spacial score (nSPS) is 14.0. The Morgan fingerprint density at radius 2 is 2.08 bits per heavy atom. The van der Waals surface area contributed by atoms with Crippen LogP contribution >= 0.6 is 0 Å². The molecule has 1 saturated carbocycles. The van der Waals surface area contributed by atoms with E-state index in [9.17, 15) is 5.26 Å². The molecule has 0 aliphatic heterocycles. The number of aromatic nitrogens is 5. The summed E-state index contributed by atoms with van der Waals surface area (Å²) < 4.78 is 3.40. The van der Waals surface area contributed by atoms with Crippen LogP contribution in [0.15, 0.2) is 36.7 Å². The number of nitrogens with two attached hydrogens (primary N) is 1. The Morgan fingerprint density at radius 1 is 1.20 bits per heavy atom. The first-order valence-electron chi connectivity index (χ1n) is 8.02. The monoisotopic (exact) mass is 330 g/mol. The molecule has 1 aliphatic rings. The number of anilines is 2. The van der Waals surface area contributed by atoms with E-state index in [0.29, 0.717) is 28.8 Å². The molecule has 3 aromatic heterocycles. The van der Waals surface area contributed by atoms with Crippen LogP contribution in [0.1, 0.15) is 18.4 Å². The number of hydrogen-bond donors (Lipinski definition) is 2. The highest BCUT2D eigenvalue weighted by Gasteiger charge is 2.23. The summed E-state index contributed by atoms with van der Waals surface area (Å²) in [6, 6.07) is 10.1. The standard InChI is InChI=1S/C17H14N8/c18-7-11-9-21-25-15(22-13-3-4-13)6-16(23-17(11)25)24-14-5-12(19)2-1-10(14)8-20-24/h1-2,5-6,8-9,13,22H,3-4,19H2. The zero-order chi connectivity index (χ0) is 17.0. The first kappa shape index (κ1) is 13.8. The lowest BCUT2D eigenvalue weighted by atomic mass is 10.2. The minimum atomic E-state index is 0.427. The summed E-state index contributed by atoms with van der Waals surface area (Å²) in [5.74, 6) is 1.42. The van der Waals surface area contributed by atoms with E-state index in [1.807, 2.05) is 24.3 Å². The van der Waals surface area contributed by atoms with Crippen molar-refractivity contribution in [1.29, 1.82) is 5.26 Å². The molecule has 1 aliphatic carbocycles. The molecule has 5 rings (SSSR count). The van der Waals surface area contributed by atoms with E-state index >= 15 is 0 Å². The number of benzene rings is 1. The van der Waals surface area contributed by atoms with E-state index < -0.39 is 0 Å². The van der Waals surface area contributed by atoms with Gasteiger partial charge in [-0.1, -0.05) is 0 Å². The third-order valence-corrected chi connectivity index (χ3v) is 4.32. The molecule has 0 saturated heterocycles. The SMILES string of the molecule is N#Cc1cnn2c(NC3CC3)cc(-n3ncc4ccc(N)cc43)nc12. The summed E-state index contributed by atoms with van der Waals surface area (Å²) in [4.78, 5) is 4.61.